The first-order valence-electron chi connectivity index (χ1n) is 7.17. The molecule has 3 N–H and O–H groups in total. The van der Waals surface area contributed by atoms with Gasteiger partial charge in [0.15, 0.2) is 4.77 Å². The van der Waals surface area contributed by atoms with Gasteiger partial charge in [-0.2, -0.15) is 4.98 Å². The van der Waals surface area contributed by atoms with Crippen molar-refractivity contribution in [2.45, 2.75) is 58.3 Å². The van der Waals surface area contributed by atoms with Crippen LogP contribution in [0.1, 0.15) is 58.3 Å². The number of nitrogens with zero attached hydrogens (tertiary/aromatic N) is 1. The molecule has 1 aromatic rings. The Kier molecular flexibility index (Phi) is 8.66. The number of anilines is 1. The molecule has 0 saturated carbocycles. The van der Waals surface area contributed by atoms with Crippen LogP contribution in [0.25, 0.3) is 0 Å². The van der Waals surface area contributed by atoms with Gasteiger partial charge in [0.2, 0.25) is 10.7 Å². The molecule has 0 aliphatic heterocycles. The summed E-state index contributed by atoms with van der Waals surface area (Å²) in [6, 6.07) is 0. The molecule has 108 valence electrons. The third kappa shape index (κ3) is 8.10. The number of aromatic amines is 2. The van der Waals surface area contributed by atoms with Crippen LogP contribution in [-0.4, -0.2) is 21.5 Å². The standard InChI is InChI=1S/C13H24N4S2/c1-2-3-4-5-6-7-8-9-10-14-11-15-12(18)17-13(19)16-11/h2-10H2,1H3,(H3,14,15,16,17,18,19). The van der Waals surface area contributed by atoms with E-state index in [2.05, 4.69) is 27.2 Å². The summed E-state index contributed by atoms with van der Waals surface area (Å²) >= 11 is 9.96. The van der Waals surface area contributed by atoms with E-state index < -0.39 is 0 Å². The minimum Gasteiger partial charge on any atom is -0.356 e. The van der Waals surface area contributed by atoms with Gasteiger partial charge in [0.1, 0.15) is 0 Å². The van der Waals surface area contributed by atoms with E-state index in [1.165, 1.54) is 44.9 Å². The normalized spacial score (nSPS) is 10.6. The second kappa shape index (κ2) is 10.1. The highest BCUT2D eigenvalue weighted by Gasteiger charge is 1.95. The zero-order valence-electron chi connectivity index (χ0n) is 11.6. The fraction of sp³-hybridized carbons (Fsp3) is 0.769. The maximum absolute atomic E-state index is 5.00. The first kappa shape index (κ1) is 16.3. The maximum atomic E-state index is 5.00. The van der Waals surface area contributed by atoms with Crippen LogP contribution in [0.5, 0.6) is 0 Å². The molecule has 0 bridgehead atoms. The predicted molar refractivity (Wildman–Crippen MR) is 85.7 cm³/mol. The van der Waals surface area contributed by atoms with Gasteiger partial charge in [0.25, 0.3) is 0 Å². The Morgan fingerprint density at radius 3 is 2.21 bits per heavy atom. The van der Waals surface area contributed by atoms with Crippen molar-refractivity contribution in [2.24, 2.45) is 0 Å². The highest BCUT2D eigenvalue weighted by molar-refractivity contribution is 7.71. The molecule has 1 rings (SSSR count). The van der Waals surface area contributed by atoms with Gasteiger partial charge in [-0.15, -0.1) is 0 Å². The number of rotatable bonds is 10. The topological polar surface area (TPSA) is 56.5 Å². The molecule has 19 heavy (non-hydrogen) atoms. The van der Waals surface area contributed by atoms with Crippen LogP contribution in [-0.2, 0) is 0 Å². The first-order valence-corrected chi connectivity index (χ1v) is 7.98. The van der Waals surface area contributed by atoms with Gasteiger partial charge < -0.3 is 15.3 Å². The van der Waals surface area contributed by atoms with Crippen LogP contribution in [0.3, 0.4) is 0 Å². The van der Waals surface area contributed by atoms with Crippen LogP contribution < -0.4 is 5.32 Å². The monoisotopic (exact) mass is 300 g/mol. The van der Waals surface area contributed by atoms with Crippen LogP contribution in [0.4, 0.5) is 5.95 Å². The molecule has 1 heterocycles. The van der Waals surface area contributed by atoms with Crippen molar-refractivity contribution in [2.75, 3.05) is 11.9 Å². The van der Waals surface area contributed by atoms with Crippen molar-refractivity contribution in [3.63, 3.8) is 0 Å². The SMILES string of the molecule is CCCCCCCCCCNc1nc(=S)[nH]c(=S)[nH]1. The van der Waals surface area contributed by atoms with Crippen LogP contribution in [0.15, 0.2) is 0 Å². The Labute approximate surface area is 125 Å². The van der Waals surface area contributed by atoms with Crippen molar-refractivity contribution in [1.82, 2.24) is 15.0 Å². The molecule has 0 fully saturated rings. The Morgan fingerprint density at radius 2 is 1.58 bits per heavy atom. The van der Waals surface area contributed by atoms with Gasteiger partial charge in [-0.3, -0.25) is 0 Å². The fourth-order valence-electron chi connectivity index (χ4n) is 1.94. The third-order valence-electron chi connectivity index (χ3n) is 2.99. The molecule has 0 atom stereocenters. The molecular weight excluding hydrogens is 276 g/mol. The Bertz CT molecular complexity index is 424. The molecule has 0 aliphatic rings. The quantitative estimate of drug-likeness (QED) is 0.431. The van der Waals surface area contributed by atoms with Crippen LogP contribution in [0.2, 0.25) is 0 Å². The van der Waals surface area contributed by atoms with E-state index in [1.54, 1.807) is 0 Å². The van der Waals surface area contributed by atoms with Gasteiger partial charge in [-0.25, -0.2) is 0 Å². The average Bonchev–Trinajstić information content (AvgIpc) is 2.36. The number of nitrogens with one attached hydrogen (secondary N) is 3. The third-order valence-corrected chi connectivity index (χ3v) is 3.39. The van der Waals surface area contributed by atoms with Gasteiger partial charge in [-0.05, 0) is 30.9 Å². The molecular formula is C13H24N4S2. The molecule has 0 amide bonds. The molecule has 0 saturated heterocycles. The molecule has 4 nitrogen and oxygen atoms in total. The van der Waals surface area contributed by atoms with Crippen molar-refractivity contribution in [1.29, 1.82) is 0 Å². The van der Waals surface area contributed by atoms with E-state index in [9.17, 15) is 0 Å². The number of hydrogen-bond donors (Lipinski definition) is 3. The molecule has 0 spiro atoms. The lowest BCUT2D eigenvalue weighted by molar-refractivity contribution is 0.580. The van der Waals surface area contributed by atoms with E-state index in [0.29, 0.717) is 15.5 Å². The minimum absolute atomic E-state index is 0.419. The van der Waals surface area contributed by atoms with E-state index in [0.717, 1.165) is 13.0 Å². The van der Waals surface area contributed by atoms with Gasteiger partial charge >= 0.3 is 0 Å². The summed E-state index contributed by atoms with van der Waals surface area (Å²) in [5.41, 5.74) is 0. The Hall–Kier alpha value is -0.750. The number of H-pyrrole nitrogens is 2. The number of hydrogen-bond acceptors (Lipinski definition) is 4. The van der Waals surface area contributed by atoms with Crippen molar-refractivity contribution >= 4 is 30.4 Å². The predicted octanol–water partition coefficient (Wildman–Crippen LogP) is 4.75. The lowest BCUT2D eigenvalue weighted by atomic mass is 10.1. The average molecular weight is 300 g/mol. The van der Waals surface area contributed by atoms with Gasteiger partial charge in [0.05, 0.1) is 0 Å². The lowest BCUT2D eigenvalue weighted by Crippen LogP contribution is -2.06. The first-order chi connectivity index (χ1) is 9.22. The zero-order chi connectivity index (χ0) is 13.9. The van der Waals surface area contributed by atoms with E-state index in [-0.39, 0.29) is 0 Å². The largest absolute Gasteiger partial charge is 0.356 e. The summed E-state index contributed by atoms with van der Waals surface area (Å²) in [5.74, 6) is 0.664. The summed E-state index contributed by atoms with van der Waals surface area (Å²) in [5, 5.41) is 3.22. The number of aromatic nitrogens is 3. The molecule has 0 unspecified atom stereocenters. The van der Waals surface area contributed by atoms with E-state index in [1.807, 2.05) is 0 Å². The van der Waals surface area contributed by atoms with Crippen molar-refractivity contribution in [3.05, 3.63) is 9.54 Å². The van der Waals surface area contributed by atoms with Crippen LogP contribution in [0, 0.1) is 9.54 Å². The van der Waals surface area contributed by atoms with E-state index >= 15 is 0 Å². The van der Waals surface area contributed by atoms with Crippen molar-refractivity contribution < 1.29 is 0 Å². The fourth-order valence-corrected chi connectivity index (χ4v) is 2.39. The Balaban J connectivity index is 2.04. The molecule has 6 heteroatoms. The lowest BCUT2D eigenvalue weighted by Gasteiger charge is -2.05. The zero-order valence-corrected chi connectivity index (χ0v) is 13.3. The number of unbranched alkanes of at least 4 members (excludes halogenated alkanes) is 7. The highest BCUT2D eigenvalue weighted by Crippen LogP contribution is 2.08. The second-order valence-corrected chi connectivity index (χ2v) is 5.54. The molecule has 0 aromatic carbocycles. The summed E-state index contributed by atoms with van der Waals surface area (Å²) in [7, 11) is 0. The van der Waals surface area contributed by atoms with Crippen LogP contribution >= 0.6 is 24.4 Å². The van der Waals surface area contributed by atoms with Crippen molar-refractivity contribution in [3.8, 4) is 0 Å². The van der Waals surface area contributed by atoms with Gasteiger partial charge in [0, 0.05) is 6.54 Å². The van der Waals surface area contributed by atoms with E-state index in [4.69, 9.17) is 24.4 Å². The maximum Gasteiger partial charge on any atom is 0.205 e. The summed E-state index contributed by atoms with van der Waals surface area (Å²) in [4.78, 5) is 9.84. The summed E-state index contributed by atoms with van der Waals surface area (Å²) in [6.07, 6.45) is 10.6. The molecule has 1 aromatic heterocycles. The highest BCUT2D eigenvalue weighted by atomic mass is 32.1. The van der Waals surface area contributed by atoms with Gasteiger partial charge in [-0.1, -0.05) is 51.9 Å². The minimum atomic E-state index is 0.419. The molecule has 0 radical (unpaired) electrons. The summed E-state index contributed by atoms with van der Waals surface area (Å²) < 4.78 is 0.931. The summed E-state index contributed by atoms with van der Waals surface area (Å²) in [6.45, 7) is 3.16. The smallest absolute Gasteiger partial charge is 0.205 e. The second-order valence-electron chi connectivity index (χ2n) is 4.75. The molecule has 0 aliphatic carbocycles. The Morgan fingerprint density at radius 1 is 0.947 bits per heavy atom.